The summed E-state index contributed by atoms with van der Waals surface area (Å²) in [4.78, 5) is 23.9. The maximum Gasteiger partial charge on any atom is 0.356 e. The quantitative estimate of drug-likeness (QED) is 0.292. The van der Waals surface area contributed by atoms with Crippen molar-refractivity contribution < 1.29 is 37.3 Å². The average Bonchev–Trinajstić information content (AvgIpc) is 3.70. The van der Waals surface area contributed by atoms with Crippen LogP contribution in [-0.4, -0.2) is 62.6 Å². The van der Waals surface area contributed by atoms with Crippen LogP contribution in [0.4, 0.5) is 5.69 Å². The Morgan fingerprint density at radius 2 is 1.84 bits per heavy atom. The molecule has 3 N–H and O–H groups in total. The minimum Gasteiger partial charge on any atom is -0.497 e. The van der Waals surface area contributed by atoms with Crippen LogP contribution in [0.1, 0.15) is 28.9 Å². The molecule has 1 aliphatic rings. The molecule has 38 heavy (non-hydrogen) atoms. The Kier molecular flexibility index (Phi) is 7.99. The number of aromatic nitrogens is 2. The summed E-state index contributed by atoms with van der Waals surface area (Å²) in [6.07, 6.45) is 1.58. The molecule has 1 fully saturated rings. The largest absolute Gasteiger partial charge is 0.497 e. The molecule has 1 amide bonds. The third kappa shape index (κ3) is 5.96. The van der Waals surface area contributed by atoms with E-state index in [1.807, 2.05) is 0 Å². The number of benzene rings is 2. The maximum atomic E-state index is 13.2. The van der Waals surface area contributed by atoms with Gasteiger partial charge in [0.1, 0.15) is 16.4 Å². The topological polar surface area (TPSA) is 158 Å². The monoisotopic (exact) mass is 544 g/mol. The van der Waals surface area contributed by atoms with Crippen molar-refractivity contribution in [2.75, 3.05) is 32.7 Å². The fraction of sp³-hybridized carbons (Fsp3) is 0.320. The van der Waals surface area contributed by atoms with Gasteiger partial charge in [-0.2, -0.15) is 9.78 Å². The fourth-order valence-electron chi connectivity index (χ4n) is 3.63. The number of carbonyl (C=O) groups excluding carboxylic acids is 1. The predicted octanol–water partition coefficient (Wildman–Crippen LogP) is 2.95. The molecular weight excluding hydrogens is 516 g/mol. The molecule has 1 aromatic heterocycles. The summed E-state index contributed by atoms with van der Waals surface area (Å²) in [6.45, 7) is 1.66. The normalized spacial score (nSPS) is 13.2. The zero-order valence-electron chi connectivity index (χ0n) is 21.1. The van der Waals surface area contributed by atoms with Crippen LogP contribution in [0.25, 0.3) is 5.69 Å². The van der Waals surface area contributed by atoms with Crippen LogP contribution in [0.3, 0.4) is 0 Å². The molecule has 1 aliphatic carbocycles. The number of anilines is 1. The number of aromatic carboxylic acids is 1. The zero-order valence-corrected chi connectivity index (χ0v) is 21.9. The van der Waals surface area contributed by atoms with Gasteiger partial charge in [0.05, 0.1) is 19.4 Å². The number of nitrogens with zero attached hydrogens (tertiary/aromatic N) is 2. The van der Waals surface area contributed by atoms with Crippen LogP contribution >= 0.6 is 0 Å². The van der Waals surface area contributed by atoms with Crippen molar-refractivity contribution in [2.24, 2.45) is 5.92 Å². The molecule has 0 aliphatic heterocycles. The van der Waals surface area contributed by atoms with E-state index >= 15 is 0 Å². The van der Waals surface area contributed by atoms with E-state index in [4.69, 9.17) is 14.2 Å². The molecule has 2 aromatic carbocycles. The summed E-state index contributed by atoms with van der Waals surface area (Å²) in [7, 11) is -1.16. The van der Waals surface area contributed by atoms with Gasteiger partial charge >= 0.3 is 5.97 Å². The molecule has 0 atom stereocenters. The van der Waals surface area contributed by atoms with E-state index in [0.717, 1.165) is 12.8 Å². The lowest BCUT2D eigenvalue weighted by molar-refractivity contribution is -0.117. The van der Waals surface area contributed by atoms with Crippen LogP contribution in [0.2, 0.25) is 0 Å². The Hall–Kier alpha value is -3.94. The van der Waals surface area contributed by atoms with Gasteiger partial charge in [-0.05, 0) is 62.2 Å². The number of carboxylic acids is 1. The van der Waals surface area contributed by atoms with Crippen molar-refractivity contribution in [1.29, 1.82) is 0 Å². The number of nitrogens with one attached hydrogen (secondary N) is 2. The second kappa shape index (κ2) is 11.2. The smallest absolute Gasteiger partial charge is 0.356 e. The summed E-state index contributed by atoms with van der Waals surface area (Å²) >= 11 is 0. The predicted molar refractivity (Wildman–Crippen MR) is 137 cm³/mol. The highest BCUT2D eigenvalue weighted by Gasteiger charge is 2.31. The summed E-state index contributed by atoms with van der Waals surface area (Å²) in [5, 5.41) is 16.6. The van der Waals surface area contributed by atoms with Gasteiger partial charge in [0.25, 0.3) is 0 Å². The molecule has 0 unspecified atom stereocenters. The molecule has 1 saturated carbocycles. The van der Waals surface area contributed by atoms with E-state index in [2.05, 4.69) is 15.1 Å². The Bertz CT molecular complexity index is 1450. The summed E-state index contributed by atoms with van der Waals surface area (Å²) in [5.41, 5.74) is 0.683. The van der Waals surface area contributed by atoms with Gasteiger partial charge in [0, 0.05) is 30.8 Å². The lowest BCUT2D eigenvalue weighted by Crippen LogP contribution is -2.27. The number of carboxylic acid groups (broad SMARTS) is 1. The van der Waals surface area contributed by atoms with Crippen molar-refractivity contribution in [1.82, 2.24) is 14.5 Å². The second-order valence-electron chi connectivity index (χ2n) is 8.61. The standard InChI is InChI=1S/C25H28N4O8S/c1-15-22(25(31)32)28-29(18-7-9-19(36-3)10-8-18)24(15)37-20-11-6-17(27-23(30)16-4-5-16)14-21(20)38(33,34)26-12-13-35-2/h6-11,14,16,26H,4-5,12-13H2,1-3H3,(H,27,30)(H,31,32). The summed E-state index contributed by atoms with van der Waals surface area (Å²) in [5.74, 6) is -1.04. The van der Waals surface area contributed by atoms with Crippen LogP contribution in [0, 0.1) is 12.8 Å². The van der Waals surface area contributed by atoms with E-state index < -0.39 is 16.0 Å². The van der Waals surface area contributed by atoms with E-state index in [-0.39, 0.29) is 58.4 Å². The molecule has 13 heteroatoms. The molecule has 0 bridgehead atoms. The molecular formula is C25H28N4O8S. The number of hydrogen-bond donors (Lipinski definition) is 3. The van der Waals surface area contributed by atoms with E-state index in [0.29, 0.717) is 11.4 Å². The molecule has 202 valence electrons. The van der Waals surface area contributed by atoms with Gasteiger partial charge in [-0.1, -0.05) is 0 Å². The number of amides is 1. The van der Waals surface area contributed by atoms with Crippen molar-refractivity contribution in [3.63, 3.8) is 0 Å². The van der Waals surface area contributed by atoms with Gasteiger partial charge in [-0.3, -0.25) is 4.79 Å². The molecule has 0 saturated heterocycles. The van der Waals surface area contributed by atoms with E-state index in [1.54, 1.807) is 24.3 Å². The Morgan fingerprint density at radius 3 is 2.45 bits per heavy atom. The second-order valence-corrected chi connectivity index (χ2v) is 10.3. The third-order valence-corrected chi connectivity index (χ3v) is 7.32. The minimum absolute atomic E-state index is 0.00288. The number of ether oxygens (including phenoxy) is 3. The van der Waals surface area contributed by atoms with E-state index in [9.17, 15) is 23.1 Å². The highest BCUT2D eigenvalue weighted by molar-refractivity contribution is 7.89. The van der Waals surface area contributed by atoms with Gasteiger partial charge in [0.2, 0.25) is 21.8 Å². The minimum atomic E-state index is -4.12. The van der Waals surface area contributed by atoms with Gasteiger partial charge < -0.3 is 24.6 Å². The highest BCUT2D eigenvalue weighted by Crippen LogP contribution is 2.36. The summed E-state index contributed by atoms with van der Waals surface area (Å²) in [6, 6.07) is 10.9. The molecule has 3 aromatic rings. The SMILES string of the molecule is COCCNS(=O)(=O)c1cc(NC(=O)C2CC2)ccc1Oc1c(C)c(C(=O)O)nn1-c1ccc(OC)cc1. The van der Waals surface area contributed by atoms with Gasteiger partial charge in [-0.15, -0.1) is 0 Å². The zero-order chi connectivity index (χ0) is 27.4. The first-order chi connectivity index (χ1) is 18.1. The molecule has 0 spiro atoms. The summed E-state index contributed by atoms with van der Waals surface area (Å²) < 4.78 is 46.4. The number of methoxy groups -OCH3 is 2. The number of sulfonamides is 1. The van der Waals surface area contributed by atoms with Crippen LogP contribution in [0.5, 0.6) is 17.4 Å². The van der Waals surface area contributed by atoms with Gasteiger partial charge in [-0.25, -0.2) is 17.9 Å². The molecule has 0 radical (unpaired) electrons. The Labute approximate surface area is 219 Å². The first kappa shape index (κ1) is 27.1. The van der Waals surface area contributed by atoms with E-state index in [1.165, 1.54) is 44.0 Å². The lowest BCUT2D eigenvalue weighted by atomic mass is 10.2. The first-order valence-corrected chi connectivity index (χ1v) is 13.2. The van der Waals surface area contributed by atoms with Crippen LogP contribution in [0.15, 0.2) is 47.4 Å². The van der Waals surface area contributed by atoms with Crippen LogP contribution in [-0.2, 0) is 19.6 Å². The number of rotatable bonds is 12. The van der Waals surface area contributed by atoms with Crippen molar-refractivity contribution in [2.45, 2.75) is 24.7 Å². The third-order valence-electron chi connectivity index (χ3n) is 5.84. The lowest BCUT2D eigenvalue weighted by Gasteiger charge is -2.16. The molecule has 4 rings (SSSR count). The van der Waals surface area contributed by atoms with Crippen molar-refractivity contribution >= 4 is 27.6 Å². The first-order valence-electron chi connectivity index (χ1n) is 11.7. The highest BCUT2D eigenvalue weighted by atomic mass is 32.2. The van der Waals surface area contributed by atoms with Crippen LogP contribution < -0.4 is 19.5 Å². The fourth-order valence-corrected chi connectivity index (χ4v) is 4.80. The average molecular weight is 545 g/mol. The van der Waals surface area contributed by atoms with Crippen molar-refractivity contribution in [3.8, 4) is 23.1 Å². The number of carbonyl (C=O) groups is 2. The van der Waals surface area contributed by atoms with Gasteiger partial charge in [0.15, 0.2) is 5.69 Å². The Balaban J connectivity index is 1.78. The number of hydrogen-bond acceptors (Lipinski definition) is 8. The molecule has 1 heterocycles. The van der Waals surface area contributed by atoms with Crippen molar-refractivity contribution in [3.05, 3.63) is 53.7 Å². The maximum absolute atomic E-state index is 13.2. The molecule has 12 nitrogen and oxygen atoms in total. The Morgan fingerprint density at radius 1 is 1.13 bits per heavy atom.